The summed E-state index contributed by atoms with van der Waals surface area (Å²) < 4.78 is 0. The van der Waals surface area contributed by atoms with Crippen LogP contribution in [-0.2, 0) is 6.54 Å². The van der Waals surface area contributed by atoms with E-state index in [2.05, 4.69) is 31.0 Å². The molecule has 1 heterocycles. The summed E-state index contributed by atoms with van der Waals surface area (Å²) in [7, 11) is 0. The second-order valence-electron chi connectivity index (χ2n) is 6.30. The van der Waals surface area contributed by atoms with Gasteiger partial charge in [-0.15, -0.1) is 0 Å². The minimum Gasteiger partial charge on any atom is -0.477 e. The van der Waals surface area contributed by atoms with Crippen molar-refractivity contribution in [1.29, 1.82) is 0 Å². The number of aromatic nitrogens is 1. The lowest BCUT2D eigenvalue weighted by atomic mass is 10.1. The van der Waals surface area contributed by atoms with E-state index in [0.717, 1.165) is 18.4 Å². The van der Waals surface area contributed by atoms with Crippen LogP contribution in [0.15, 0.2) is 36.4 Å². The quantitative estimate of drug-likeness (QED) is 0.917. The second-order valence-corrected chi connectivity index (χ2v) is 6.30. The Morgan fingerprint density at radius 2 is 1.83 bits per heavy atom. The van der Waals surface area contributed by atoms with Crippen LogP contribution >= 0.6 is 0 Å². The van der Waals surface area contributed by atoms with E-state index in [0.29, 0.717) is 6.54 Å². The van der Waals surface area contributed by atoms with Gasteiger partial charge in [-0.1, -0.05) is 24.3 Å². The minimum absolute atomic E-state index is 0.109. The predicted octanol–water partition coefficient (Wildman–Crippen LogP) is 3.20. The molecule has 1 aromatic carbocycles. The highest BCUT2D eigenvalue weighted by molar-refractivity contribution is 5.94. The number of carboxylic acids is 1. The van der Waals surface area contributed by atoms with Gasteiger partial charge in [0.2, 0.25) is 0 Å². The van der Waals surface area contributed by atoms with Crippen molar-refractivity contribution in [3.05, 3.63) is 64.5 Å². The monoisotopic (exact) mass is 324 g/mol. The summed E-state index contributed by atoms with van der Waals surface area (Å²) in [6, 6.07) is 10.9. The fourth-order valence-corrected chi connectivity index (χ4v) is 2.67. The van der Waals surface area contributed by atoms with E-state index >= 15 is 0 Å². The van der Waals surface area contributed by atoms with Gasteiger partial charge in [0.1, 0.15) is 11.4 Å². The molecule has 0 unspecified atom stereocenters. The number of aromatic carboxylic acids is 1. The molecule has 0 aliphatic heterocycles. The number of amides is 1. The summed E-state index contributed by atoms with van der Waals surface area (Å²) in [4.78, 5) is 29.7. The van der Waals surface area contributed by atoms with Gasteiger partial charge in [-0.05, 0) is 55.5 Å². The highest BCUT2D eigenvalue weighted by Gasteiger charge is 2.33. The third-order valence-electron chi connectivity index (χ3n) is 4.36. The molecule has 1 amide bonds. The number of carbonyl (C=O) groups excluding carboxylic acids is 1. The molecule has 1 fully saturated rings. The number of nitrogens with zero attached hydrogens (tertiary/aromatic N) is 2. The molecule has 5 heteroatoms. The molecule has 1 aliphatic rings. The van der Waals surface area contributed by atoms with E-state index < -0.39 is 5.97 Å². The average molecular weight is 324 g/mol. The smallest absolute Gasteiger partial charge is 0.354 e. The highest BCUT2D eigenvalue weighted by atomic mass is 16.4. The van der Waals surface area contributed by atoms with Crippen LogP contribution in [0.2, 0.25) is 0 Å². The zero-order valence-corrected chi connectivity index (χ0v) is 13.8. The molecule has 3 rings (SSSR count). The van der Waals surface area contributed by atoms with Gasteiger partial charge >= 0.3 is 5.97 Å². The van der Waals surface area contributed by atoms with E-state index in [1.807, 2.05) is 6.07 Å². The van der Waals surface area contributed by atoms with Crippen LogP contribution in [0.5, 0.6) is 0 Å². The van der Waals surface area contributed by atoms with Crippen LogP contribution in [-0.4, -0.2) is 32.9 Å². The molecule has 124 valence electrons. The summed E-state index contributed by atoms with van der Waals surface area (Å²) in [5, 5.41) is 9.06. The molecule has 0 radical (unpaired) electrons. The van der Waals surface area contributed by atoms with Crippen LogP contribution < -0.4 is 0 Å². The van der Waals surface area contributed by atoms with Gasteiger partial charge in [0.25, 0.3) is 5.91 Å². The Morgan fingerprint density at radius 1 is 1.12 bits per heavy atom. The first-order valence-electron chi connectivity index (χ1n) is 8.03. The van der Waals surface area contributed by atoms with Gasteiger partial charge in [-0.2, -0.15) is 0 Å². The summed E-state index contributed by atoms with van der Waals surface area (Å²) in [5.74, 6) is -1.34. The predicted molar refractivity (Wildman–Crippen MR) is 90.0 cm³/mol. The Bertz CT molecular complexity index is 797. The van der Waals surface area contributed by atoms with Crippen molar-refractivity contribution in [2.24, 2.45) is 0 Å². The molecule has 1 aromatic heterocycles. The summed E-state index contributed by atoms with van der Waals surface area (Å²) in [6.45, 7) is 4.63. The number of carbonyl (C=O) groups is 2. The van der Waals surface area contributed by atoms with Crippen molar-refractivity contribution < 1.29 is 14.7 Å². The van der Waals surface area contributed by atoms with Gasteiger partial charge in [0.05, 0.1) is 0 Å². The second kappa shape index (κ2) is 6.43. The van der Waals surface area contributed by atoms with Crippen LogP contribution in [0.4, 0.5) is 0 Å². The number of hydrogen-bond acceptors (Lipinski definition) is 3. The van der Waals surface area contributed by atoms with Crippen LogP contribution in [0.25, 0.3) is 0 Å². The summed E-state index contributed by atoms with van der Waals surface area (Å²) in [5.41, 5.74) is 3.57. The molecule has 0 atom stereocenters. The zero-order chi connectivity index (χ0) is 17.3. The molecular formula is C19H20N2O3. The van der Waals surface area contributed by atoms with Crippen molar-refractivity contribution in [2.45, 2.75) is 39.3 Å². The molecule has 5 nitrogen and oxygen atoms in total. The van der Waals surface area contributed by atoms with Gasteiger partial charge in [-0.25, -0.2) is 9.78 Å². The van der Waals surface area contributed by atoms with Gasteiger partial charge in [0, 0.05) is 12.6 Å². The molecule has 1 saturated carbocycles. The molecule has 24 heavy (non-hydrogen) atoms. The summed E-state index contributed by atoms with van der Waals surface area (Å²) >= 11 is 0. The first-order chi connectivity index (χ1) is 11.5. The van der Waals surface area contributed by atoms with Crippen LogP contribution in [0, 0.1) is 13.8 Å². The van der Waals surface area contributed by atoms with Crippen molar-refractivity contribution in [3.8, 4) is 0 Å². The van der Waals surface area contributed by atoms with E-state index in [1.165, 1.54) is 17.2 Å². The number of carboxylic acid groups (broad SMARTS) is 1. The van der Waals surface area contributed by atoms with Crippen molar-refractivity contribution >= 4 is 11.9 Å². The molecule has 2 aromatic rings. The molecule has 0 spiro atoms. The van der Waals surface area contributed by atoms with E-state index in [1.54, 1.807) is 17.0 Å². The van der Waals surface area contributed by atoms with E-state index in [4.69, 9.17) is 5.11 Å². The lowest BCUT2D eigenvalue weighted by molar-refractivity contribution is 0.0689. The van der Waals surface area contributed by atoms with E-state index in [-0.39, 0.29) is 23.3 Å². The van der Waals surface area contributed by atoms with Gasteiger partial charge < -0.3 is 10.0 Å². The standard InChI is InChI=1S/C19H20N2O3/c1-12-6-7-14(10-13(12)2)11-21(15-8-9-15)18(22)16-4-3-5-17(20-16)19(23)24/h3-7,10,15H,8-9,11H2,1-2H3,(H,23,24). The van der Waals surface area contributed by atoms with Crippen LogP contribution in [0.1, 0.15) is 50.5 Å². The van der Waals surface area contributed by atoms with E-state index in [9.17, 15) is 9.59 Å². The lowest BCUT2D eigenvalue weighted by Gasteiger charge is -2.22. The maximum atomic E-state index is 12.8. The van der Waals surface area contributed by atoms with Crippen molar-refractivity contribution in [2.75, 3.05) is 0 Å². The maximum Gasteiger partial charge on any atom is 0.354 e. The average Bonchev–Trinajstić information content (AvgIpc) is 3.40. The number of aryl methyl sites for hydroxylation is 2. The Labute approximate surface area is 140 Å². The minimum atomic E-state index is -1.13. The molecular weight excluding hydrogens is 304 g/mol. The Hall–Kier alpha value is -2.69. The first-order valence-corrected chi connectivity index (χ1v) is 8.03. The van der Waals surface area contributed by atoms with Gasteiger partial charge in [0.15, 0.2) is 0 Å². The molecule has 1 aliphatic carbocycles. The number of rotatable bonds is 5. The third-order valence-corrected chi connectivity index (χ3v) is 4.36. The normalized spacial score (nSPS) is 13.6. The molecule has 1 N–H and O–H groups in total. The first kappa shape index (κ1) is 16.2. The largest absolute Gasteiger partial charge is 0.477 e. The lowest BCUT2D eigenvalue weighted by Crippen LogP contribution is -2.33. The number of benzene rings is 1. The highest BCUT2D eigenvalue weighted by Crippen LogP contribution is 2.30. The fourth-order valence-electron chi connectivity index (χ4n) is 2.67. The van der Waals surface area contributed by atoms with Crippen molar-refractivity contribution in [1.82, 2.24) is 9.88 Å². The topological polar surface area (TPSA) is 70.5 Å². The number of hydrogen-bond donors (Lipinski definition) is 1. The Morgan fingerprint density at radius 3 is 2.46 bits per heavy atom. The Kier molecular flexibility index (Phi) is 4.34. The Balaban J connectivity index is 1.85. The van der Waals surface area contributed by atoms with Crippen LogP contribution in [0.3, 0.4) is 0 Å². The third kappa shape index (κ3) is 3.45. The summed E-state index contributed by atoms with van der Waals surface area (Å²) in [6.07, 6.45) is 1.96. The maximum absolute atomic E-state index is 12.8. The molecule has 0 bridgehead atoms. The zero-order valence-electron chi connectivity index (χ0n) is 13.8. The molecule has 0 saturated heterocycles. The van der Waals surface area contributed by atoms with Gasteiger partial charge in [-0.3, -0.25) is 4.79 Å². The number of pyridine rings is 1. The van der Waals surface area contributed by atoms with Crippen molar-refractivity contribution in [3.63, 3.8) is 0 Å². The fraction of sp³-hybridized carbons (Fsp3) is 0.316. The SMILES string of the molecule is Cc1ccc(CN(C(=O)c2cccc(C(=O)O)n2)C2CC2)cc1C.